The minimum atomic E-state index is 0.778. The number of piperidine rings is 1. The number of nitrogens with one attached hydrogen (secondary N) is 1. The fraction of sp³-hybridized carbons (Fsp3) is 1.00. The van der Waals surface area contributed by atoms with Gasteiger partial charge in [0.1, 0.15) is 0 Å². The molecule has 1 saturated heterocycles. The molecule has 1 unspecified atom stereocenters. The van der Waals surface area contributed by atoms with Crippen LogP contribution in [-0.2, 0) is 0 Å². The van der Waals surface area contributed by atoms with Crippen molar-refractivity contribution in [1.29, 1.82) is 0 Å². The molecule has 2 heteroatoms. The van der Waals surface area contributed by atoms with Crippen molar-refractivity contribution in [3.63, 3.8) is 0 Å². The van der Waals surface area contributed by atoms with Crippen LogP contribution in [0.25, 0.3) is 0 Å². The molecule has 2 nitrogen and oxygen atoms in total. The smallest absolute Gasteiger partial charge is 0.00674 e. The fourth-order valence-corrected chi connectivity index (χ4v) is 3.95. The Hall–Kier alpha value is -0.0800. The van der Waals surface area contributed by atoms with Gasteiger partial charge in [-0.05, 0) is 77.0 Å². The highest BCUT2D eigenvalue weighted by molar-refractivity contribution is 4.90. The molecule has 0 aromatic rings. The summed E-state index contributed by atoms with van der Waals surface area (Å²) >= 11 is 0. The molecule has 1 aliphatic carbocycles. The summed E-state index contributed by atoms with van der Waals surface area (Å²) in [6.45, 7) is 9.65. The van der Waals surface area contributed by atoms with E-state index in [-0.39, 0.29) is 0 Å². The van der Waals surface area contributed by atoms with Gasteiger partial charge in [-0.3, -0.25) is 0 Å². The third kappa shape index (κ3) is 3.71. The van der Waals surface area contributed by atoms with Crippen molar-refractivity contribution in [2.45, 2.75) is 71.3 Å². The standard InChI is InChI=1S/C16H32N2/c1-3-17-12-6-7-15(2)18-13-10-16(11-14-18)8-4-5-9-16/h15,17H,3-14H2,1-2H3. The molecule has 1 saturated carbocycles. The molecule has 18 heavy (non-hydrogen) atoms. The summed E-state index contributed by atoms with van der Waals surface area (Å²) in [7, 11) is 0. The van der Waals surface area contributed by atoms with Crippen LogP contribution in [0.4, 0.5) is 0 Å². The molecule has 2 aliphatic rings. The second kappa shape index (κ2) is 6.91. The summed E-state index contributed by atoms with van der Waals surface area (Å²) in [5, 5.41) is 3.43. The number of nitrogens with zero attached hydrogens (tertiary/aromatic N) is 1. The Balaban J connectivity index is 1.65. The van der Waals surface area contributed by atoms with E-state index in [1.54, 1.807) is 0 Å². The van der Waals surface area contributed by atoms with Crippen molar-refractivity contribution < 1.29 is 0 Å². The Kier molecular flexibility index (Phi) is 5.50. The fourth-order valence-electron chi connectivity index (χ4n) is 3.95. The molecule has 1 aliphatic heterocycles. The van der Waals surface area contributed by atoms with Crippen LogP contribution in [-0.4, -0.2) is 37.1 Å². The zero-order valence-electron chi connectivity index (χ0n) is 12.5. The highest BCUT2D eigenvalue weighted by Gasteiger charge is 2.37. The highest BCUT2D eigenvalue weighted by atomic mass is 15.2. The Morgan fingerprint density at radius 1 is 1.11 bits per heavy atom. The molecule has 1 N–H and O–H groups in total. The molecule has 2 rings (SSSR count). The Morgan fingerprint density at radius 3 is 2.39 bits per heavy atom. The molecule has 0 amide bonds. The quantitative estimate of drug-likeness (QED) is 0.729. The first-order valence-electron chi connectivity index (χ1n) is 8.20. The molecule has 1 heterocycles. The van der Waals surface area contributed by atoms with Gasteiger partial charge in [0.15, 0.2) is 0 Å². The maximum absolute atomic E-state index is 3.43. The van der Waals surface area contributed by atoms with Gasteiger partial charge in [-0.1, -0.05) is 19.8 Å². The minimum absolute atomic E-state index is 0.778. The Morgan fingerprint density at radius 2 is 1.78 bits per heavy atom. The predicted octanol–water partition coefficient (Wildman–Crippen LogP) is 3.42. The lowest BCUT2D eigenvalue weighted by Gasteiger charge is -2.42. The first-order chi connectivity index (χ1) is 8.76. The first-order valence-corrected chi connectivity index (χ1v) is 8.20. The van der Waals surface area contributed by atoms with Crippen molar-refractivity contribution >= 4 is 0 Å². The lowest BCUT2D eigenvalue weighted by Crippen LogP contribution is -2.43. The number of hydrogen-bond acceptors (Lipinski definition) is 2. The van der Waals surface area contributed by atoms with Crippen molar-refractivity contribution in [3.05, 3.63) is 0 Å². The van der Waals surface area contributed by atoms with Crippen LogP contribution in [0.3, 0.4) is 0 Å². The normalized spacial score (nSPS) is 25.7. The zero-order valence-corrected chi connectivity index (χ0v) is 12.5. The number of likely N-dealkylation sites (tertiary alicyclic amines) is 1. The van der Waals surface area contributed by atoms with E-state index in [2.05, 4.69) is 24.1 Å². The van der Waals surface area contributed by atoms with Gasteiger partial charge in [0.2, 0.25) is 0 Å². The van der Waals surface area contributed by atoms with Gasteiger partial charge in [-0.25, -0.2) is 0 Å². The van der Waals surface area contributed by atoms with Crippen LogP contribution in [0, 0.1) is 5.41 Å². The van der Waals surface area contributed by atoms with E-state index >= 15 is 0 Å². The minimum Gasteiger partial charge on any atom is -0.317 e. The molecule has 106 valence electrons. The third-order valence-electron chi connectivity index (χ3n) is 5.37. The van der Waals surface area contributed by atoms with Gasteiger partial charge in [0.25, 0.3) is 0 Å². The molecule has 0 aromatic heterocycles. The molecule has 0 bridgehead atoms. The Labute approximate surface area is 114 Å². The Bertz CT molecular complexity index is 223. The van der Waals surface area contributed by atoms with Crippen molar-refractivity contribution in [1.82, 2.24) is 10.2 Å². The van der Waals surface area contributed by atoms with Gasteiger partial charge in [0.05, 0.1) is 0 Å². The van der Waals surface area contributed by atoms with Crippen molar-refractivity contribution in [3.8, 4) is 0 Å². The van der Waals surface area contributed by atoms with Crippen LogP contribution in [0.5, 0.6) is 0 Å². The van der Waals surface area contributed by atoms with Gasteiger partial charge in [0, 0.05) is 6.04 Å². The lowest BCUT2D eigenvalue weighted by atomic mass is 9.77. The average Bonchev–Trinajstić information content (AvgIpc) is 2.84. The van der Waals surface area contributed by atoms with E-state index in [4.69, 9.17) is 0 Å². The van der Waals surface area contributed by atoms with E-state index < -0.39 is 0 Å². The predicted molar refractivity (Wildman–Crippen MR) is 78.9 cm³/mol. The monoisotopic (exact) mass is 252 g/mol. The maximum Gasteiger partial charge on any atom is 0.00674 e. The van der Waals surface area contributed by atoms with E-state index in [0.717, 1.165) is 18.0 Å². The van der Waals surface area contributed by atoms with E-state index in [1.165, 1.54) is 71.0 Å². The topological polar surface area (TPSA) is 15.3 Å². The molecule has 0 aromatic carbocycles. The highest BCUT2D eigenvalue weighted by Crippen LogP contribution is 2.46. The molecule has 0 radical (unpaired) electrons. The third-order valence-corrected chi connectivity index (χ3v) is 5.37. The van der Waals surface area contributed by atoms with Crippen molar-refractivity contribution in [2.24, 2.45) is 5.41 Å². The summed E-state index contributed by atoms with van der Waals surface area (Å²) < 4.78 is 0. The van der Waals surface area contributed by atoms with Crippen LogP contribution in [0.1, 0.15) is 65.2 Å². The second-order valence-electron chi connectivity index (χ2n) is 6.59. The zero-order chi connectivity index (χ0) is 12.8. The summed E-state index contributed by atoms with van der Waals surface area (Å²) in [6.07, 6.45) is 11.7. The number of hydrogen-bond donors (Lipinski definition) is 1. The van der Waals surface area contributed by atoms with E-state index in [0.29, 0.717) is 0 Å². The van der Waals surface area contributed by atoms with Crippen LogP contribution >= 0.6 is 0 Å². The lowest BCUT2D eigenvalue weighted by molar-refractivity contribution is 0.0779. The van der Waals surface area contributed by atoms with Gasteiger partial charge >= 0.3 is 0 Å². The largest absolute Gasteiger partial charge is 0.317 e. The van der Waals surface area contributed by atoms with Crippen molar-refractivity contribution in [2.75, 3.05) is 26.2 Å². The van der Waals surface area contributed by atoms with Gasteiger partial charge in [-0.15, -0.1) is 0 Å². The molecule has 2 fully saturated rings. The molecule has 1 atom stereocenters. The van der Waals surface area contributed by atoms with E-state index in [1.807, 2.05) is 0 Å². The molecular weight excluding hydrogens is 220 g/mol. The van der Waals surface area contributed by atoms with Crippen LogP contribution in [0.2, 0.25) is 0 Å². The molecular formula is C16H32N2. The first kappa shape index (κ1) is 14.3. The summed E-state index contributed by atoms with van der Waals surface area (Å²) in [5.41, 5.74) is 0.778. The van der Waals surface area contributed by atoms with Gasteiger partial charge < -0.3 is 10.2 Å². The summed E-state index contributed by atoms with van der Waals surface area (Å²) in [6, 6.07) is 0.794. The SMILES string of the molecule is CCNCCCC(C)N1CCC2(CCCC2)CC1. The van der Waals surface area contributed by atoms with E-state index in [9.17, 15) is 0 Å². The second-order valence-corrected chi connectivity index (χ2v) is 6.59. The summed E-state index contributed by atoms with van der Waals surface area (Å²) in [4.78, 5) is 2.75. The number of rotatable bonds is 6. The van der Waals surface area contributed by atoms with Gasteiger partial charge in [-0.2, -0.15) is 0 Å². The maximum atomic E-state index is 3.43. The average molecular weight is 252 g/mol. The summed E-state index contributed by atoms with van der Waals surface area (Å²) in [5.74, 6) is 0. The van der Waals surface area contributed by atoms with Crippen LogP contribution in [0.15, 0.2) is 0 Å². The molecule has 1 spiro atoms. The van der Waals surface area contributed by atoms with Crippen LogP contribution < -0.4 is 5.32 Å².